The summed E-state index contributed by atoms with van der Waals surface area (Å²) >= 11 is 4.88. The van der Waals surface area contributed by atoms with Gasteiger partial charge in [-0.05, 0) is 30.7 Å². The number of benzene rings is 1. The monoisotopic (exact) mass is 368 g/mol. The van der Waals surface area contributed by atoms with Crippen LogP contribution in [0.4, 0.5) is 0 Å². The van der Waals surface area contributed by atoms with E-state index >= 15 is 0 Å². The SMILES string of the molecule is CCCc1cc(=O)[nH]c(SCCOc2ccc(Br)cc2)n1. The van der Waals surface area contributed by atoms with Crippen molar-refractivity contribution < 1.29 is 4.74 Å². The van der Waals surface area contributed by atoms with E-state index in [2.05, 4.69) is 32.8 Å². The summed E-state index contributed by atoms with van der Waals surface area (Å²) in [5.74, 6) is 1.56. The molecule has 0 radical (unpaired) electrons. The zero-order valence-corrected chi connectivity index (χ0v) is 14.2. The number of rotatable bonds is 7. The Hall–Kier alpha value is -1.27. The summed E-state index contributed by atoms with van der Waals surface area (Å²) < 4.78 is 6.66. The number of thioether (sulfide) groups is 1. The topological polar surface area (TPSA) is 55.0 Å². The highest BCUT2D eigenvalue weighted by molar-refractivity contribution is 9.10. The number of hydrogen-bond donors (Lipinski definition) is 1. The molecule has 0 spiro atoms. The first-order chi connectivity index (χ1) is 10.2. The van der Waals surface area contributed by atoms with E-state index in [1.807, 2.05) is 24.3 Å². The summed E-state index contributed by atoms with van der Waals surface area (Å²) in [6, 6.07) is 9.27. The second-order valence-corrected chi connectivity index (χ2v) is 6.44. The van der Waals surface area contributed by atoms with Crippen molar-refractivity contribution in [3.63, 3.8) is 0 Å². The van der Waals surface area contributed by atoms with Crippen molar-refractivity contribution in [1.29, 1.82) is 0 Å². The molecule has 1 heterocycles. The van der Waals surface area contributed by atoms with E-state index in [1.165, 1.54) is 11.8 Å². The fourth-order valence-corrected chi connectivity index (χ4v) is 2.74. The van der Waals surface area contributed by atoms with Gasteiger partial charge in [-0.3, -0.25) is 4.79 Å². The first kappa shape index (κ1) is 16.1. The maximum atomic E-state index is 11.5. The lowest BCUT2D eigenvalue weighted by Crippen LogP contribution is -2.11. The molecule has 0 fully saturated rings. The molecule has 0 aliphatic heterocycles. The van der Waals surface area contributed by atoms with Gasteiger partial charge in [-0.25, -0.2) is 4.98 Å². The molecule has 112 valence electrons. The van der Waals surface area contributed by atoms with Crippen molar-refractivity contribution >= 4 is 27.7 Å². The van der Waals surface area contributed by atoms with E-state index in [0.717, 1.165) is 34.5 Å². The van der Waals surface area contributed by atoms with Gasteiger partial charge in [0, 0.05) is 22.0 Å². The Morgan fingerprint density at radius 3 is 2.81 bits per heavy atom. The second-order valence-electron chi connectivity index (χ2n) is 4.44. The Morgan fingerprint density at radius 2 is 2.10 bits per heavy atom. The highest BCUT2D eigenvalue weighted by Crippen LogP contribution is 2.17. The highest BCUT2D eigenvalue weighted by Gasteiger charge is 2.02. The van der Waals surface area contributed by atoms with Gasteiger partial charge in [0.05, 0.1) is 6.61 Å². The van der Waals surface area contributed by atoms with Crippen molar-refractivity contribution in [2.45, 2.75) is 24.9 Å². The van der Waals surface area contributed by atoms with Crippen LogP contribution in [0.15, 0.2) is 44.8 Å². The molecule has 2 aromatic rings. The van der Waals surface area contributed by atoms with Crippen molar-refractivity contribution in [2.75, 3.05) is 12.4 Å². The summed E-state index contributed by atoms with van der Waals surface area (Å²) in [4.78, 5) is 18.7. The lowest BCUT2D eigenvalue weighted by molar-refractivity contribution is 0.344. The molecule has 0 aliphatic rings. The fraction of sp³-hybridized carbons (Fsp3) is 0.333. The normalized spacial score (nSPS) is 10.6. The number of aromatic nitrogens is 2. The average Bonchev–Trinajstić information content (AvgIpc) is 2.45. The van der Waals surface area contributed by atoms with Gasteiger partial charge in [-0.15, -0.1) is 0 Å². The molecule has 0 atom stereocenters. The van der Waals surface area contributed by atoms with Gasteiger partial charge in [0.1, 0.15) is 5.75 Å². The van der Waals surface area contributed by atoms with Crippen LogP contribution in [0.25, 0.3) is 0 Å². The number of aromatic amines is 1. The largest absolute Gasteiger partial charge is 0.493 e. The molecule has 0 bridgehead atoms. The molecule has 1 aromatic carbocycles. The summed E-state index contributed by atoms with van der Waals surface area (Å²) in [5, 5.41) is 0.658. The average molecular weight is 369 g/mol. The first-order valence-corrected chi connectivity index (χ1v) is 8.56. The molecule has 0 saturated carbocycles. The number of aryl methyl sites for hydroxylation is 1. The molecule has 0 amide bonds. The summed E-state index contributed by atoms with van der Waals surface area (Å²) in [6.45, 7) is 2.63. The maximum Gasteiger partial charge on any atom is 0.251 e. The van der Waals surface area contributed by atoms with Gasteiger partial charge >= 0.3 is 0 Å². The Morgan fingerprint density at radius 1 is 1.33 bits per heavy atom. The van der Waals surface area contributed by atoms with Gasteiger partial charge < -0.3 is 9.72 Å². The number of nitrogens with one attached hydrogen (secondary N) is 1. The standard InChI is InChI=1S/C15H17BrN2O2S/c1-2-3-12-10-14(19)18-15(17-12)21-9-8-20-13-6-4-11(16)5-7-13/h4-7,10H,2-3,8-9H2,1H3,(H,17,18,19). The minimum atomic E-state index is -0.0928. The second kappa shape index (κ2) is 8.24. The predicted octanol–water partition coefficient (Wildman–Crippen LogP) is 3.66. The van der Waals surface area contributed by atoms with Crippen LogP contribution in [0, 0.1) is 0 Å². The van der Waals surface area contributed by atoms with E-state index in [4.69, 9.17) is 4.74 Å². The van der Waals surface area contributed by atoms with Gasteiger partial charge in [-0.1, -0.05) is 41.0 Å². The van der Waals surface area contributed by atoms with Crippen LogP contribution in [0.1, 0.15) is 19.0 Å². The Kier molecular flexibility index (Phi) is 6.32. The Labute approximate surface area is 136 Å². The van der Waals surface area contributed by atoms with Crippen LogP contribution in [0.5, 0.6) is 5.75 Å². The van der Waals surface area contributed by atoms with Crippen molar-refractivity contribution in [2.24, 2.45) is 0 Å². The lowest BCUT2D eigenvalue weighted by Gasteiger charge is -2.06. The molecule has 0 unspecified atom stereocenters. The molecule has 4 nitrogen and oxygen atoms in total. The fourth-order valence-electron chi connectivity index (χ4n) is 1.76. The van der Waals surface area contributed by atoms with E-state index in [-0.39, 0.29) is 5.56 Å². The van der Waals surface area contributed by atoms with Crippen LogP contribution in [-0.4, -0.2) is 22.3 Å². The van der Waals surface area contributed by atoms with Crippen LogP contribution < -0.4 is 10.3 Å². The summed E-state index contributed by atoms with van der Waals surface area (Å²) in [7, 11) is 0. The van der Waals surface area contributed by atoms with Gasteiger partial charge in [0.25, 0.3) is 5.56 Å². The summed E-state index contributed by atoms with van der Waals surface area (Å²) in [5.41, 5.74) is 0.752. The van der Waals surface area contributed by atoms with Crippen LogP contribution in [0.2, 0.25) is 0 Å². The lowest BCUT2D eigenvalue weighted by atomic mass is 10.2. The first-order valence-electron chi connectivity index (χ1n) is 6.79. The third kappa shape index (κ3) is 5.55. The Bertz CT molecular complexity index is 628. The number of nitrogens with zero attached hydrogens (tertiary/aromatic N) is 1. The van der Waals surface area contributed by atoms with Crippen LogP contribution in [0.3, 0.4) is 0 Å². The van der Waals surface area contributed by atoms with Crippen molar-refractivity contribution in [1.82, 2.24) is 9.97 Å². The predicted molar refractivity (Wildman–Crippen MR) is 89.2 cm³/mol. The molecule has 1 N–H and O–H groups in total. The minimum Gasteiger partial charge on any atom is -0.493 e. The van der Waals surface area contributed by atoms with Crippen LogP contribution in [-0.2, 0) is 6.42 Å². The third-order valence-corrected chi connectivity index (χ3v) is 4.05. The van der Waals surface area contributed by atoms with Crippen LogP contribution >= 0.6 is 27.7 Å². The highest BCUT2D eigenvalue weighted by atomic mass is 79.9. The van der Waals surface area contributed by atoms with Gasteiger partial charge in [-0.2, -0.15) is 0 Å². The molecular weight excluding hydrogens is 352 g/mol. The van der Waals surface area contributed by atoms with Crippen molar-refractivity contribution in [3.8, 4) is 5.75 Å². The zero-order chi connectivity index (χ0) is 15.1. The molecule has 6 heteroatoms. The zero-order valence-electron chi connectivity index (χ0n) is 11.8. The third-order valence-electron chi connectivity index (χ3n) is 2.68. The number of H-pyrrole nitrogens is 1. The molecule has 1 aromatic heterocycles. The van der Waals surface area contributed by atoms with E-state index in [9.17, 15) is 4.79 Å². The van der Waals surface area contributed by atoms with E-state index < -0.39 is 0 Å². The molecule has 21 heavy (non-hydrogen) atoms. The van der Waals surface area contributed by atoms with Crippen molar-refractivity contribution in [3.05, 3.63) is 50.9 Å². The quantitative estimate of drug-likeness (QED) is 0.460. The van der Waals surface area contributed by atoms with E-state index in [0.29, 0.717) is 11.8 Å². The Balaban J connectivity index is 1.83. The van der Waals surface area contributed by atoms with Gasteiger partial charge in [0.2, 0.25) is 0 Å². The smallest absolute Gasteiger partial charge is 0.251 e. The number of ether oxygens (including phenoxy) is 1. The summed E-state index contributed by atoms with van der Waals surface area (Å²) in [6.07, 6.45) is 1.81. The number of halogens is 1. The minimum absolute atomic E-state index is 0.0928. The molecule has 0 saturated heterocycles. The van der Waals surface area contributed by atoms with Gasteiger partial charge in [0.15, 0.2) is 5.16 Å². The maximum absolute atomic E-state index is 11.5. The molecular formula is C15H17BrN2O2S. The molecule has 2 rings (SSSR count). The molecule has 0 aliphatic carbocycles. The number of hydrogen-bond acceptors (Lipinski definition) is 4. The van der Waals surface area contributed by atoms with E-state index in [1.54, 1.807) is 6.07 Å².